The minimum absolute atomic E-state index is 0.0729. The SMILES string of the molecule is CN(Cc1ccccc1C=CC(=O)c1ccc(Cl)cc1Cl)C(C)(C)C. The summed E-state index contributed by atoms with van der Waals surface area (Å²) in [5.74, 6) is -0.138. The van der Waals surface area contributed by atoms with E-state index >= 15 is 0 Å². The molecule has 0 atom stereocenters. The summed E-state index contributed by atoms with van der Waals surface area (Å²) in [7, 11) is 2.10. The smallest absolute Gasteiger partial charge is 0.187 e. The molecule has 2 rings (SSSR count). The van der Waals surface area contributed by atoms with Gasteiger partial charge in [0.1, 0.15) is 0 Å². The molecule has 0 heterocycles. The van der Waals surface area contributed by atoms with Crippen LogP contribution in [0.25, 0.3) is 6.08 Å². The molecule has 0 fully saturated rings. The van der Waals surface area contributed by atoms with E-state index in [2.05, 4.69) is 38.8 Å². The number of allylic oxidation sites excluding steroid dienone is 1. The summed E-state index contributed by atoms with van der Waals surface area (Å²) in [6, 6.07) is 13.0. The van der Waals surface area contributed by atoms with Gasteiger partial charge in [-0.3, -0.25) is 9.69 Å². The first kappa shape index (κ1) is 19.7. The Bertz CT molecular complexity index is 791. The first-order valence-electron chi connectivity index (χ1n) is 8.15. The van der Waals surface area contributed by atoms with E-state index in [1.165, 1.54) is 5.56 Å². The summed E-state index contributed by atoms with van der Waals surface area (Å²) in [5.41, 5.74) is 2.72. The maximum Gasteiger partial charge on any atom is 0.187 e. The first-order valence-corrected chi connectivity index (χ1v) is 8.90. The normalized spacial score (nSPS) is 12.1. The van der Waals surface area contributed by atoms with Crippen LogP contribution in [0, 0.1) is 0 Å². The standard InChI is InChI=1S/C21H23Cl2NO/c1-21(2,3)24(4)14-16-8-6-5-7-15(16)9-12-20(25)18-11-10-17(22)13-19(18)23/h5-13H,14H2,1-4H3. The fraction of sp³-hybridized carbons (Fsp3) is 0.286. The van der Waals surface area contributed by atoms with Crippen molar-refractivity contribution in [2.24, 2.45) is 0 Å². The van der Waals surface area contributed by atoms with Crippen molar-refractivity contribution in [3.8, 4) is 0 Å². The van der Waals surface area contributed by atoms with Crippen molar-refractivity contribution < 1.29 is 4.79 Å². The molecule has 0 saturated carbocycles. The van der Waals surface area contributed by atoms with E-state index in [1.54, 1.807) is 24.3 Å². The molecule has 2 aromatic rings. The van der Waals surface area contributed by atoms with E-state index in [9.17, 15) is 4.79 Å². The Morgan fingerprint density at radius 3 is 2.44 bits per heavy atom. The van der Waals surface area contributed by atoms with Gasteiger partial charge in [0.2, 0.25) is 0 Å². The van der Waals surface area contributed by atoms with Crippen LogP contribution >= 0.6 is 23.2 Å². The minimum atomic E-state index is -0.138. The predicted octanol–water partition coefficient (Wildman–Crippen LogP) is 6.12. The molecule has 0 unspecified atom stereocenters. The molecule has 0 amide bonds. The van der Waals surface area contributed by atoms with Gasteiger partial charge in [-0.15, -0.1) is 0 Å². The van der Waals surface area contributed by atoms with E-state index in [0.29, 0.717) is 15.6 Å². The second-order valence-electron chi connectivity index (χ2n) is 7.05. The summed E-state index contributed by atoms with van der Waals surface area (Å²) in [6.45, 7) is 7.34. The first-order chi connectivity index (χ1) is 11.7. The van der Waals surface area contributed by atoms with Gasteiger partial charge in [0, 0.05) is 22.7 Å². The van der Waals surface area contributed by atoms with Crippen molar-refractivity contribution in [2.75, 3.05) is 7.05 Å². The van der Waals surface area contributed by atoms with Gasteiger partial charge >= 0.3 is 0 Å². The summed E-state index contributed by atoms with van der Waals surface area (Å²) in [5, 5.41) is 0.879. The van der Waals surface area contributed by atoms with Crippen LogP contribution in [0.1, 0.15) is 42.3 Å². The lowest BCUT2D eigenvalue weighted by Crippen LogP contribution is -2.37. The van der Waals surface area contributed by atoms with Gasteiger partial charge in [0.05, 0.1) is 5.02 Å². The molecule has 0 saturated heterocycles. The van der Waals surface area contributed by atoms with Gasteiger partial charge in [-0.1, -0.05) is 53.5 Å². The highest BCUT2D eigenvalue weighted by molar-refractivity contribution is 6.37. The Labute approximate surface area is 160 Å². The largest absolute Gasteiger partial charge is 0.297 e. The van der Waals surface area contributed by atoms with Crippen LogP contribution in [0.2, 0.25) is 10.0 Å². The number of carbonyl (C=O) groups excluding carboxylic acids is 1. The monoisotopic (exact) mass is 375 g/mol. The van der Waals surface area contributed by atoms with Crippen LogP contribution in [-0.4, -0.2) is 23.3 Å². The fourth-order valence-corrected chi connectivity index (χ4v) is 2.78. The van der Waals surface area contributed by atoms with E-state index < -0.39 is 0 Å². The summed E-state index contributed by atoms with van der Waals surface area (Å²) in [6.07, 6.45) is 3.41. The molecule has 0 bridgehead atoms. The van der Waals surface area contributed by atoms with Crippen molar-refractivity contribution in [3.63, 3.8) is 0 Å². The molecule has 0 radical (unpaired) electrons. The Kier molecular flexibility index (Phi) is 6.45. The van der Waals surface area contributed by atoms with Crippen LogP contribution < -0.4 is 0 Å². The van der Waals surface area contributed by atoms with Crippen molar-refractivity contribution in [3.05, 3.63) is 75.3 Å². The number of hydrogen-bond acceptors (Lipinski definition) is 2. The number of carbonyl (C=O) groups is 1. The fourth-order valence-electron chi connectivity index (χ4n) is 2.28. The topological polar surface area (TPSA) is 20.3 Å². The Morgan fingerprint density at radius 2 is 1.80 bits per heavy atom. The zero-order valence-corrected chi connectivity index (χ0v) is 16.5. The lowest BCUT2D eigenvalue weighted by Gasteiger charge is -2.32. The van der Waals surface area contributed by atoms with Gasteiger partial charge in [0.25, 0.3) is 0 Å². The summed E-state index contributed by atoms with van der Waals surface area (Å²) < 4.78 is 0. The quantitative estimate of drug-likeness (QED) is 0.463. The van der Waals surface area contributed by atoms with Crippen molar-refractivity contribution >= 4 is 35.1 Å². The van der Waals surface area contributed by atoms with E-state index in [1.807, 2.05) is 24.3 Å². The van der Waals surface area contributed by atoms with Crippen LogP contribution in [0.5, 0.6) is 0 Å². The molecule has 0 aromatic heterocycles. The Morgan fingerprint density at radius 1 is 1.12 bits per heavy atom. The molecule has 2 aromatic carbocycles. The van der Waals surface area contributed by atoms with Crippen molar-refractivity contribution in [1.82, 2.24) is 4.90 Å². The lowest BCUT2D eigenvalue weighted by atomic mass is 10.0. The number of hydrogen-bond donors (Lipinski definition) is 0. The van der Waals surface area contributed by atoms with Crippen LogP contribution in [0.3, 0.4) is 0 Å². The van der Waals surface area contributed by atoms with Crippen molar-refractivity contribution in [2.45, 2.75) is 32.9 Å². The molecule has 0 N–H and O–H groups in total. The van der Waals surface area contributed by atoms with Crippen LogP contribution in [0.4, 0.5) is 0 Å². The summed E-state index contributed by atoms with van der Waals surface area (Å²) >= 11 is 12.0. The molecule has 4 heteroatoms. The average molecular weight is 376 g/mol. The number of halogens is 2. The van der Waals surface area contributed by atoms with Crippen molar-refractivity contribution in [1.29, 1.82) is 0 Å². The number of benzene rings is 2. The zero-order chi connectivity index (χ0) is 18.6. The summed E-state index contributed by atoms with van der Waals surface area (Å²) in [4.78, 5) is 14.7. The van der Waals surface area contributed by atoms with Crippen LogP contribution in [0.15, 0.2) is 48.5 Å². The molecule has 132 valence electrons. The van der Waals surface area contributed by atoms with Gasteiger partial charge < -0.3 is 0 Å². The number of ketones is 1. The number of nitrogens with zero attached hydrogens (tertiary/aromatic N) is 1. The second kappa shape index (κ2) is 8.18. The lowest BCUT2D eigenvalue weighted by molar-refractivity contribution is 0.104. The highest BCUT2D eigenvalue weighted by Crippen LogP contribution is 2.23. The minimum Gasteiger partial charge on any atom is -0.297 e. The molecular formula is C21H23Cl2NO. The molecule has 0 aliphatic rings. The third-order valence-electron chi connectivity index (χ3n) is 4.22. The van der Waals surface area contributed by atoms with Gasteiger partial charge in [-0.05, 0) is 63.2 Å². The highest BCUT2D eigenvalue weighted by atomic mass is 35.5. The third-order valence-corrected chi connectivity index (χ3v) is 4.77. The third kappa shape index (κ3) is 5.43. The molecular weight excluding hydrogens is 353 g/mol. The average Bonchev–Trinajstić information content (AvgIpc) is 2.52. The Hall–Kier alpha value is -1.61. The van der Waals surface area contributed by atoms with E-state index in [-0.39, 0.29) is 11.3 Å². The molecule has 25 heavy (non-hydrogen) atoms. The Balaban J connectivity index is 2.22. The van der Waals surface area contributed by atoms with Crippen LogP contribution in [-0.2, 0) is 6.54 Å². The van der Waals surface area contributed by atoms with Gasteiger partial charge in [0.15, 0.2) is 5.78 Å². The maximum absolute atomic E-state index is 12.4. The molecule has 0 aliphatic heterocycles. The van der Waals surface area contributed by atoms with Gasteiger partial charge in [-0.2, -0.15) is 0 Å². The highest BCUT2D eigenvalue weighted by Gasteiger charge is 2.17. The maximum atomic E-state index is 12.4. The van der Waals surface area contributed by atoms with Gasteiger partial charge in [-0.25, -0.2) is 0 Å². The van der Waals surface area contributed by atoms with E-state index in [0.717, 1.165) is 12.1 Å². The van der Waals surface area contributed by atoms with E-state index in [4.69, 9.17) is 23.2 Å². The molecule has 0 spiro atoms. The molecule has 0 aliphatic carbocycles. The second-order valence-corrected chi connectivity index (χ2v) is 7.89. The molecule has 2 nitrogen and oxygen atoms in total. The number of rotatable bonds is 5. The predicted molar refractivity (Wildman–Crippen MR) is 107 cm³/mol. The zero-order valence-electron chi connectivity index (χ0n) is 15.0.